The van der Waals surface area contributed by atoms with Gasteiger partial charge in [0.2, 0.25) is 0 Å². The van der Waals surface area contributed by atoms with E-state index in [0.717, 1.165) is 0 Å². The fourth-order valence-electron chi connectivity index (χ4n) is 1.85. The topological polar surface area (TPSA) is 6.48 Å². The minimum Gasteiger partial charge on any atom is -0.301 e. The highest BCUT2D eigenvalue weighted by atomic mass is 15.3. The Balaban J connectivity index is 2.22. The van der Waals surface area contributed by atoms with Gasteiger partial charge in [-0.3, -0.25) is 4.90 Å². The highest BCUT2D eigenvalue weighted by molar-refractivity contribution is 4.98. The Labute approximate surface area is 89.3 Å². The SMILES string of the molecule is CN(C)C1(C)CN(CCC(C)(C)C)C1. The molecule has 14 heavy (non-hydrogen) atoms. The van der Waals surface area contributed by atoms with Crippen LogP contribution in [0.2, 0.25) is 0 Å². The number of likely N-dealkylation sites (tertiary alicyclic amines) is 1. The molecule has 0 N–H and O–H groups in total. The molecule has 0 bridgehead atoms. The van der Waals surface area contributed by atoms with Crippen molar-refractivity contribution < 1.29 is 0 Å². The van der Waals surface area contributed by atoms with E-state index in [2.05, 4.69) is 51.6 Å². The Morgan fingerprint density at radius 2 is 1.71 bits per heavy atom. The summed E-state index contributed by atoms with van der Waals surface area (Å²) in [6.45, 7) is 13.0. The summed E-state index contributed by atoms with van der Waals surface area (Å²) >= 11 is 0. The molecular weight excluding hydrogens is 172 g/mol. The third-order valence-corrected chi connectivity index (χ3v) is 3.39. The standard InChI is InChI=1S/C12H26N2/c1-11(2,3)7-8-14-9-12(4,10-14)13(5)6/h7-10H2,1-6H3. The van der Waals surface area contributed by atoms with Gasteiger partial charge < -0.3 is 4.90 Å². The van der Waals surface area contributed by atoms with Gasteiger partial charge in [0.15, 0.2) is 0 Å². The van der Waals surface area contributed by atoms with Gasteiger partial charge in [-0.25, -0.2) is 0 Å². The van der Waals surface area contributed by atoms with Crippen molar-refractivity contribution in [2.45, 2.75) is 39.7 Å². The summed E-state index contributed by atoms with van der Waals surface area (Å²) in [5.41, 5.74) is 0.905. The van der Waals surface area contributed by atoms with E-state index in [4.69, 9.17) is 0 Å². The van der Waals surface area contributed by atoms with Gasteiger partial charge in [-0.15, -0.1) is 0 Å². The number of nitrogens with zero attached hydrogens (tertiary/aromatic N) is 2. The van der Waals surface area contributed by atoms with Crippen LogP contribution in [0.5, 0.6) is 0 Å². The van der Waals surface area contributed by atoms with E-state index < -0.39 is 0 Å². The molecule has 2 nitrogen and oxygen atoms in total. The Morgan fingerprint density at radius 3 is 2.07 bits per heavy atom. The van der Waals surface area contributed by atoms with Gasteiger partial charge in [0.25, 0.3) is 0 Å². The lowest BCUT2D eigenvalue weighted by atomic mass is 9.87. The molecule has 0 aromatic carbocycles. The minimum atomic E-state index is 0.428. The second-order valence-corrected chi connectivity index (χ2v) is 6.41. The van der Waals surface area contributed by atoms with Gasteiger partial charge in [-0.1, -0.05) is 20.8 Å². The maximum absolute atomic E-state index is 2.56. The normalized spacial score (nSPS) is 22.5. The molecule has 0 aromatic heterocycles. The zero-order valence-corrected chi connectivity index (χ0v) is 10.7. The van der Waals surface area contributed by atoms with Crippen LogP contribution in [0.1, 0.15) is 34.1 Å². The molecule has 0 spiro atoms. The van der Waals surface area contributed by atoms with Crippen molar-refractivity contribution in [3.63, 3.8) is 0 Å². The third kappa shape index (κ3) is 2.96. The van der Waals surface area contributed by atoms with E-state index in [1.807, 2.05) is 0 Å². The molecule has 0 unspecified atom stereocenters. The van der Waals surface area contributed by atoms with Gasteiger partial charge in [0, 0.05) is 18.6 Å². The van der Waals surface area contributed by atoms with Crippen molar-refractivity contribution in [1.29, 1.82) is 0 Å². The predicted octanol–water partition coefficient (Wildman–Crippen LogP) is 2.06. The quantitative estimate of drug-likeness (QED) is 0.685. The van der Waals surface area contributed by atoms with Crippen LogP contribution in [0, 0.1) is 5.41 Å². The molecule has 0 aliphatic carbocycles. The maximum atomic E-state index is 2.56. The van der Waals surface area contributed by atoms with Crippen LogP contribution in [-0.2, 0) is 0 Å². The number of hydrogen-bond donors (Lipinski definition) is 0. The molecule has 0 radical (unpaired) electrons. The zero-order chi connectivity index (χ0) is 11.0. The lowest BCUT2D eigenvalue weighted by Gasteiger charge is -2.52. The van der Waals surface area contributed by atoms with Crippen LogP contribution in [0.3, 0.4) is 0 Å². The molecule has 1 heterocycles. The molecule has 1 fully saturated rings. The summed E-state index contributed by atoms with van der Waals surface area (Å²) in [6.07, 6.45) is 1.30. The molecule has 1 aliphatic rings. The van der Waals surface area contributed by atoms with E-state index in [1.165, 1.54) is 26.1 Å². The fourth-order valence-corrected chi connectivity index (χ4v) is 1.85. The molecule has 1 aliphatic heterocycles. The Kier molecular flexibility index (Phi) is 3.27. The molecule has 0 amide bonds. The van der Waals surface area contributed by atoms with Crippen molar-refractivity contribution in [3.8, 4) is 0 Å². The first-order valence-corrected chi connectivity index (χ1v) is 5.63. The highest BCUT2D eigenvalue weighted by Crippen LogP contribution is 2.27. The number of rotatable bonds is 3. The monoisotopic (exact) mass is 198 g/mol. The second-order valence-electron chi connectivity index (χ2n) is 6.41. The second kappa shape index (κ2) is 3.82. The average molecular weight is 198 g/mol. The van der Waals surface area contributed by atoms with Crippen LogP contribution in [0.4, 0.5) is 0 Å². The first-order valence-electron chi connectivity index (χ1n) is 5.63. The average Bonchev–Trinajstić information content (AvgIpc) is 1.93. The van der Waals surface area contributed by atoms with E-state index in [-0.39, 0.29) is 0 Å². The zero-order valence-electron chi connectivity index (χ0n) is 10.7. The van der Waals surface area contributed by atoms with Gasteiger partial charge in [-0.2, -0.15) is 0 Å². The molecule has 1 rings (SSSR count). The van der Waals surface area contributed by atoms with Crippen molar-refractivity contribution in [2.24, 2.45) is 5.41 Å². The summed E-state index contributed by atoms with van der Waals surface area (Å²) in [5.74, 6) is 0. The first-order chi connectivity index (χ1) is 6.23. The molecule has 0 saturated carbocycles. The molecule has 1 saturated heterocycles. The summed E-state index contributed by atoms with van der Waals surface area (Å²) in [6, 6.07) is 0. The van der Waals surface area contributed by atoms with Crippen molar-refractivity contribution in [2.75, 3.05) is 33.7 Å². The summed E-state index contributed by atoms with van der Waals surface area (Å²) in [4.78, 5) is 4.91. The van der Waals surface area contributed by atoms with E-state index >= 15 is 0 Å². The van der Waals surface area contributed by atoms with Gasteiger partial charge in [-0.05, 0) is 39.4 Å². The van der Waals surface area contributed by atoms with Crippen molar-refractivity contribution in [3.05, 3.63) is 0 Å². The maximum Gasteiger partial charge on any atom is 0.0429 e. The van der Waals surface area contributed by atoms with Gasteiger partial charge in [0.05, 0.1) is 0 Å². The van der Waals surface area contributed by atoms with E-state index in [9.17, 15) is 0 Å². The number of hydrogen-bond acceptors (Lipinski definition) is 2. The van der Waals surface area contributed by atoms with Crippen molar-refractivity contribution >= 4 is 0 Å². The largest absolute Gasteiger partial charge is 0.301 e. The molecular formula is C12H26N2. The smallest absolute Gasteiger partial charge is 0.0429 e. The van der Waals surface area contributed by atoms with Crippen LogP contribution in [0.15, 0.2) is 0 Å². The fraction of sp³-hybridized carbons (Fsp3) is 1.00. The lowest BCUT2D eigenvalue weighted by molar-refractivity contribution is -0.0203. The molecule has 84 valence electrons. The number of likely N-dealkylation sites (N-methyl/N-ethyl adjacent to an activating group) is 1. The van der Waals surface area contributed by atoms with Gasteiger partial charge in [0.1, 0.15) is 0 Å². The van der Waals surface area contributed by atoms with E-state index in [1.54, 1.807) is 0 Å². The van der Waals surface area contributed by atoms with Crippen LogP contribution < -0.4 is 0 Å². The van der Waals surface area contributed by atoms with Crippen LogP contribution >= 0.6 is 0 Å². The Morgan fingerprint density at radius 1 is 1.21 bits per heavy atom. The molecule has 0 atom stereocenters. The van der Waals surface area contributed by atoms with Crippen molar-refractivity contribution in [1.82, 2.24) is 9.80 Å². The highest BCUT2D eigenvalue weighted by Gasteiger charge is 2.40. The van der Waals surface area contributed by atoms with E-state index in [0.29, 0.717) is 11.0 Å². The van der Waals surface area contributed by atoms with Crippen LogP contribution in [0.25, 0.3) is 0 Å². The Hall–Kier alpha value is -0.0800. The summed E-state index contributed by atoms with van der Waals surface area (Å²) in [5, 5.41) is 0. The molecule has 2 heteroatoms. The van der Waals surface area contributed by atoms with Gasteiger partial charge >= 0.3 is 0 Å². The summed E-state index contributed by atoms with van der Waals surface area (Å²) in [7, 11) is 4.36. The summed E-state index contributed by atoms with van der Waals surface area (Å²) < 4.78 is 0. The lowest BCUT2D eigenvalue weighted by Crippen LogP contribution is -2.66. The third-order valence-electron chi connectivity index (χ3n) is 3.39. The molecule has 0 aromatic rings. The van der Waals surface area contributed by atoms with Crippen LogP contribution in [-0.4, -0.2) is 49.1 Å². The first kappa shape index (κ1) is 12.0. The Bertz CT molecular complexity index is 185. The minimum absolute atomic E-state index is 0.428. The predicted molar refractivity (Wildman–Crippen MR) is 62.6 cm³/mol.